The van der Waals surface area contributed by atoms with Crippen LogP contribution in [0, 0.1) is 5.82 Å². The molecule has 1 aliphatic heterocycles. The van der Waals surface area contributed by atoms with Gasteiger partial charge in [0.05, 0.1) is 11.3 Å². The summed E-state index contributed by atoms with van der Waals surface area (Å²) in [7, 11) is -3.53. The minimum atomic E-state index is -3.53. The predicted molar refractivity (Wildman–Crippen MR) is 111 cm³/mol. The highest BCUT2D eigenvalue weighted by atomic mass is 35.5. The summed E-state index contributed by atoms with van der Waals surface area (Å²) in [6.07, 6.45) is 0. The molecular formula is C20H23ClFN3O3S. The highest BCUT2D eigenvalue weighted by Gasteiger charge is 2.27. The summed E-state index contributed by atoms with van der Waals surface area (Å²) in [5.41, 5.74) is 0.567. The molecule has 0 spiro atoms. The minimum absolute atomic E-state index is 0.0648. The fourth-order valence-corrected chi connectivity index (χ4v) is 4.81. The first kappa shape index (κ1) is 21.7. The second-order valence-corrected chi connectivity index (χ2v) is 9.26. The van der Waals surface area contributed by atoms with Gasteiger partial charge in [-0.3, -0.25) is 4.79 Å². The van der Waals surface area contributed by atoms with Gasteiger partial charge >= 0.3 is 0 Å². The molecule has 2 aromatic carbocycles. The summed E-state index contributed by atoms with van der Waals surface area (Å²) in [5.74, 6) is -1.46. The fourth-order valence-electron chi connectivity index (χ4n) is 3.17. The van der Waals surface area contributed by atoms with Crippen LogP contribution in [0.2, 0.25) is 5.02 Å². The Balaban J connectivity index is 1.81. The molecule has 29 heavy (non-hydrogen) atoms. The third kappa shape index (κ3) is 5.54. The summed E-state index contributed by atoms with van der Waals surface area (Å²) < 4.78 is 41.0. The molecule has 1 N–H and O–H groups in total. The van der Waals surface area contributed by atoms with E-state index in [1.807, 2.05) is 0 Å². The number of nitrogens with one attached hydrogen (secondary N) is 1. The van der Waals surface area contributed by atoms with Crippen LogP contribution >= 0.6 is 11.6 Å². The van der Waals surface area contributed by atoms with Crippen LogP contribution in [0.25, 0.3) is 0 Å². The smallest absolute Gasteiger partial charge is 0.257 e. The molecule has 0 atom stereocenters. The maximum absolute atomic E-state index is 14.2. The van der Waals surface area contributed by atoms with E-state index in [1.165, 1.54) is 27.4 Å². The van der Waals surface area contributed by atoms with Gasteiger partial charge in [-0.05, 0) is 23.8 Å². The zero-order valence-corrected chi connectivity index (χ0v) is 17.4. The van der Waals surface area contributed by atoms with Crippen molar-refractivity contribution in [2.75, 3.05) is 38.5 Å². The van der Waals surface area contributed by atoms with Crippen molar-refractivity contribution < 1.29 is 17.6 Å². The second kappa shape index (κ2) is 9.67. The van der Waals surface area contributed by atoms with Crippen molar-refractivity contribution in [1.29, 1.82) is 0 Å². The number of sulfonamides is 1. The molecule has 156 valence electrons. The van der Waals surface area contributed by atoms with Gasteiger partial charge in [-0.2, -0.15) is 4.31 Å². The Hall–Kier alpha value is -2.00. The van der Waals surface area contributed by atoms with Crippen LogP contribution in [0.3, 0.4) is 0 Å². The Morgan fingerprint density at radius 2 is 1.76 bits per heavy atom. The predicted octanol–water partition coefficient (Wildman–Crippen LogP) is 2.36. The van der Waals surface area contributed by atoms with E-state index in [4.69, 9.17) is 11.6 Å². The quantitative estimate of drug-likeness (QED) is 0.719. The minimum Gasteiger partial charge on any atom is -0.333 e. The van der Waals surface area contributed by atoms with Crippen molar-refractivity contribution in [1.82, 2.24) is 14.5 Å². The Kier molecular flexibility index (Phi) is 7.23. The molecule has 1 aliphatic rings. The lowest BCUT2D eigenvalue weighted by molar-refractivity contribution is 0.0748. The van der Waals surface area contributed by atoms with Crippen molar-refractivity contribution in [3.05, 3.63) is 70.5 Å². The molecule has 2 aromatic rings. The standard InChI is InChI=1S/C20H23ClFN3O3S/c21-18-7-3-1-5-16(18)15-24(20(26)17-6-2-4-8-19(17)22)13-14-29(27,28)25-11-9-23-10-12-25/h1-8,23H,9-15H2. The number of halogens is 2. The molecule has 1 fully saturated rings. The molecule has 0 unspecified atom stereocenters. The van der Waals surface area contributed by atoms with Crippen LogP contribution in [0.15, 0.2) is 48.5 Å². The van der Waals surface area contributed by atoms with Gasteiger partial charge in [-0.25, -0.2) is 12.8 Å². The van der Waals surface area contributed by atoms with E-state index in [9.17, 15) is 17.6 Å². The SMILES string of the molecule is O=C(c1ccccc1F)N(CCS(=O)(=O)N1CCNCC1)Cc1ccccc1Cl. The van der Waals surface area contributed by atoms with Gasteiger partial charge in [-0.1, -0.05) is 41.9 Å². The molecular weight excluding hydrogens is 417 g/mol. The first-order valence-corrected chi connectivity index (χ1v) is 11.3. The van der Waals surface area contributed by atoms with Gasteiger partial charge in [0.1, 0.15) is 5.82 Å². The van der Waals surface area contributed by atoms with Crippen molar-refractivity contribution in [2.24, 2.45) is 0 Å². The summed E-state index contributed by atoms with van der Waals surface area (Å²) in [6, 6.07) is 12.7. The van der Waals surface area contributed by atoms with E-state index in [-0.39, 0.29) is 24.4 Å². The lowest BCUT2D eigenvalue weighted by atomic mass is 10.1. The lowest BCUT2D eigenvalue weighted by Gasteiger charge is -2.29. The molecule has 0 bridgehead atoms. The number of hydrogen-bond acceptors (Lipinski definition) is 4. The number of carbonyl (C=O) groups excluding carboxylic acids is 1. The van der Waals surface area contributed by atoms with Crippen LogP contribution < -0.4 is 5.32 Å². The number of carbonyl (C=O) groups is 1. The highest BCUT2D eigenvalue weighted by Crippen LogP contribution is 2.19. The van der Waals surface area contributed by atoms with E-state index in [2.05, 4.69) is 5.32 Å². The van der Waals surface area contributed by atoms with Crippen LogP contribution in [0.4, 0.5) is 4.39 Å². The molecule has 1 saturated heterocycles. The van der Waals surface area contributed by atoms with Gasteiger partial charge in [0.25, 0.3) is 5.91 Å². The van der Waals surface area contributed by atoms with E-state index >= 15 is 0 Å². The number of hydrogen-bond donors (Lipinski definition) is 1. The summed E-state index contributed by atoms with van der Waals surface area (Å²) in [4.78, 5) is 14.3. The van der Waals surface area contributed by atoms with E-state index in [0.717, 1.165) is 0 Å². The summed E-state index contributed by atoms with van der Waals surface area (Å²) >= 11 is 6.22. The van der Waals surface area contributed by atoms with Crippen LogP contribution in [-0.4, -0.2) is 62.0 Å². The maximum atomic E-state index is 14.2. The molecule has 0 aliphatic carbocycles. The normalized spacial score (nSPS) is 15.2. The Labute approximate surface area is 175 Å². The number of rotatable bonds is 7. The summed E-state index contributed by atoms with van der Waals surface area (Å²) in [5, 5.41) is 3.57. The average molecular weight is 440 g/mol. The molecule has 0 radical (unpaired) electrons. The summed E-state index contributed by atoms with van der Waals surface area (Å²) in [6.45, 7) is 2.00. The lowest BCUT2D eigenvalue weighted by Crippen LogP contribution is -2.48. The Bertz CT molecular complexity index is 965. The van der Waals surface area contributed by atoms with Crippen LogP contribution in [0.1, 0.15) is 15.9 Å². The van der Waals surface area contributed by atoms with Gasteiger partial charge in [0.15, 0.2) is 0 Å². The van der Waals surface area contributed by atoms with Crippen LogP contribution in [0.5, 0.6) is 0 Å². The molecule has 9 heteroatoms. The van der Waals surface area contributed by atoms with Crippen molar-refractivity contribution in [3.63, 3.8) is 0 Å². The topological polar surface area (TPSA) is 69.7 Å². The van der Waals surface area contributed by atoms with Gasteiger partial charge < -0.3 is 10.2 Å². The van der Waals surface area contributed by atoms with E-state index in [1.54, 1.807) is 30.3 Å². The van der Waals surface area contributed by atoms with E-state index in [0.29, 0.717) is 36.8 Å². The maximum Gasteiger partial charge on any atom is 0.257 e. The third-order valence-electron chi connectivity index (χ3n) is 4.80. The first-order valence-electron chi connectivity index (χ1n) is 9.34. The molecule has 0 aromatic heterocycles. The molecule has 6 nitrogen and oxygen atoms in total. The third-order valence-corrected chi connectivity index (χ3v) is 7.02. The van der Waals surface area contributed by atoms with Crippen molar-refractivity contribution in [3.8, 4) is 0 Å². The Morgan fingerprint density at radius 1 is 1.10 bits per heavy atom. The largest absolute Gasteiger partial charge is 0.333 e. The number of benzene rings is 2. The molecule has 1 heterocycles. The monoisotopic (exact) mass is 439 g/mol. The van der Waals surface area contributed by atoms with E-state index < -0.39 is 21.7 Å². The van der Waals surface area contributed by atoms with Crippen molar-refractivity contribution >= 4 is 27.5 Å². The van der Waals surface area contributed by atoms with Gasteiger partial charge in [0.2, 0.25) is 10.0 Å². The zero-order chi connectivity index (χ0) is 20.9. The van der Waals surface area contributed by atoms with Crippen molar-refractivity contribution in [2.45, 2.75) is 6.54 Å². The van der Waals surface area contributed by atoms with Gasteiger partial charge in [-0.15, -0.1) is 0 Å². The second-order valence-electron chi connectivity index (χ2n) is 6.76. The fraction of sp³-hybridized carbons (Fsp3) is 0.350. The molecule has 3 rings (SSSR count). The number of nitrogens with zero attached hydrogens (tertiary/aromatic N) is 2. The van der Waals surface area contributed by atoms with Crippen LogP contribution in [-0.2, 0) is 16.6 Å². The molecule has 0 saturated carbocycles. The highest BCUT2D eigenvalue weighted by molar-refractivity contribution is 7.89. The first-order chi connectivity index (χ1) is 13.9. The van der Waals surface area contributed by atoms with Gasteiger partial charge in [0, 0.05) is 44.3 Å². The number of amides is 1. The average Bonchev–Trinajstić information content (AvgIpc) is 2.73. The zero-order valence-electron chi connectivity index (χ0n) is 15.9. The Morgan fingerprint density at radius 3 is 2.45 bits per heavy atom. The number of piperazine rings is 1. The molecule has 1 amide bonds.